The molecule has 3 nitrogen and oxygen atoms in total. The van der Waals surface area contributed by atoms with Crippen molar-refractivity contribution in [1.29, 1.82) is 0 Å². The van der Waals surface area contributed by atoms with Crippen LogP contribution in [-0.4, -0.2) is 21.4 Å². The van der Waals surface area contributed by atoms with Gasteiger partial charge in [-0.3, -0.25) is 0 Å². The third kappa shape index (κ3) is 4.02. The van der Waals surface area contributed by atoms with E-state index in [1.807, 2.05) is 19.9 Å². The Morgan fingerprint density at radius 2 is 1.83 bits per heavy atom. The maximum atomic E-state index is 10.6. The molecule has 3 N–H and O–H groups in total. The average Bonchev–Trinajstić information content (AvgIpc) is 2.50. The minimum atomic E-state index is -0.486. The molecule has 2 rings (SSSR count). The molecule has 0 bridgehead atoms. The van der Waals surface area contributed by atoms with Crippen LogP contribution in [0.4, 0.5) is 0 Å². The van der Waals surface area contributed by atoms with Gasteiger partial charge in [-0.05, 0) is 62.3 Å². The number of aryl methyl sites for hydroxylation is 1. The highest BCUT2D eigenvalue weighted by atomic mass is 16.3. The number of hydrogen-bond donors (Lipinski definition) is 3. The van der Waals surface area contributed by atoms with Gasteiger partial charge in [0.05, 0.1) is 6.10 Å². The topological polar surface area (TPSA) is 60.7 Å². The maximum absolute atomic E-state index is 10.6. The summed E-state index contributed by atoms with van der Waals surface area (Å²) in [6.45, 7) is 10.0. The molecule has 1 aliphatic carbocycles. The number of phenols is 2. The van der Waals surface area contributed by atoms with E-state index in [1.54, 1.807) is 12.1 Å². The summed E-state index contributed by atoms with van der Waals surface area (Å²) < 4.78 is 0. The molecule has 0 radical (unpaired) electrons. The largest absolute Gasteiger partial charge is 0.507 e. The zero-order chi connectivity index (χ0) is 17.9. The Bertz CT molecular complexity index is 607. The normalized spacial score (nSPS) is 23.8. The lowest BCUT2D eigenvalue weighted by Crippen LogP contribution is -2.26. The molecule has 24 heavy (non-hydrogen) atoms. The number of aliphatic hydroxyl groups is 1. The van der Waals surface area contributed by atoms with Crippen LogP contribution in [0.3, 0.4) is 0 Å². The molecule has 1 aromatic carbocycles. The van der Waals surface area contributed by atoms with Gasteiger partial charge in [-0.15, -0.1) is 0 Å². The van der Waals surface area contributed by atoms with Crippen LogP contribution in [0, 0.1) is 5.92 Å². The Morgan fingerprint density at radius 3 is 2.38 bits per heavy atom. The molecule has 1 aliphatic rings. The van der Waals surface area contributed by atoms with E-state index in [9.17, 15) is 15.3 Å². The van der Waals surface area contributed by atoms with Crippen molar-refractivity contribution in [2.45, 2.75) is 64.9 Å². The van der Waals surface area contributed by atoms with E-state index in [1.165, 1.54) is 0 Å². The predicted molar refractivity (Wildman–Crippen MR) is 98.4 cm³/mol. The van der Waals surface area contributed by atoms with Gasteiger partial charge in [0.25, 0.3) is 0 Å². The number of rotatable bonds is 6. The fourth-order valence-electron chi connectivity index (χ4n) is 3.62. The van der Waals surface area contributed by atoms with Crippen molar-refractivity contribution < 1.29 is 15.3 Å². The zero-order valence-corrected chi connectivity index (χ0v) is 15.0. The minimum Gasteiger partial charge on any atom is -0.507 e. The third-order valence-electron chi connectivity index (χ3n) is 5.11. The number of hydrogen-bond acceptors (Lipinski definition) is 3. The van der Waals surface area contributed by atoms with E-state index < -0.39 is 6.10 Å². The molecule has 0 fully saturated rings. The van der Waals surface area contributed by atoms with Crippen molar-refractivity contribution in [2.24, 2.45) is 5.92 Å². The van der Waals surface area contributed by atoms with Gasteiger partial charge >= 0.3 is 0 Å². The number of benzene rings is 1. The first-order chi connectivity index (χ1) is 11.3. The highest BCUT2D eigenvalue weighted by Gasteiger charge is 2.33. The van der Waals surface area contributed by atoms with E-state index in [-0.39, 0.29) is 23.3 Å². The van der Waals surface area contributed by atoms with Crippen molar-refractivity contribution in [2.75, 3.05) is 0 Å². The first kappa shape index (κ1) is 18.6. The number of aliphatic hydroxyl groups excluding tert-OH is 1. The molecule has 0 heterocycles. The van der Waals surface area contributed by atoms with Crippen LogP contribution in [0.2, 0.25) is 0 Å². The van der Waals surface area contributed by atoms with Crippen LogP contribution < -0.4 is 0 Å². The minimum absolute atomic E-state index is 0.00596. The van der Waals surface area contributed by atoms with E-state index in [0.29, 0.717) is 12.0 Å². The summed E-state index contributed by atoms with van der Waals surface area (Å²) in [6, 6.07) is 3.54. The van der Waals surface area contributed by atoms with Crippen molar-refractivity contribution >= 4 is 0 Å². The number of allylic oxidation sites excluding steroid dienone is 2. The summed E-state index contributed by atoms with van der Waals surface area (Å²) in [5.74, 6) is 0.124. The average molecular weight is 330 g/mol. The summed E-state index contributed by atoms with van der Waals surface area (Å²) in [5, 5.41) is 31.2. The fraction of sp³-hybridized carbons (Fsp3) is 0.524. The Hall–Kier alpha value is -1.74. The highest BCUT2D eigenvalue weighted by Crippen LogP contribution is 2.46. The second kappa shape index (κ2) is 7.89. The van der Waals surface area contributed by atoms with Crippen molar-refractivity contribution in [1.82, 2.24) is 0 Å². The van der Waals surface area contributed by atoms with Crippen LogP contribution in [0.1, 0.15) is 63.5 Å². The second-order valence-electron chi connectivity index (χ2n) is 7.15. The van der Waals surface area contributed by atoms with Gasteiger partial charge in [-0.2, -0.15) is 0 Å². The Morgan fingerprint density at radius 1 is 1.21 bits per heavy atom. The van der Waals surface area contributed by atoms with Crippen molar-refractivity contribution in [3.63, 3.8) is 0 Å². The molecular formula is C21H30O3. The summed E-state index contributed by atoms with van der Waals surface area (Å²) >= 11 is 0. The number of unbranched alkanes of at least 4 members (excludes halogenated alkanes) is 2. The van der Waals surface area contributed by atoms with Crippen LogP contribution in [-0.2, 0) is 6.42 Å². The Kier molecular flexibility index (Phi) is 6.11. The molecule has 0 aliphatic heterocycles. The standard InChI is InChI=1S/C21H30O3/c1-5-6-7-8-15-10-19(23)21(20(24)11-15)17-9-14(4)18(22)12-16(17)13(2)3/h9-11,16-18,22-24H,2,5-8,12H2,1,3-4H3/t16-,17-,18+/m1/s1. The van der Waals surface area contributed by atoms with Gasteiger partial charge in [0.2, 0.25) is 0 Å². The van der Waals surface area contributed by atoms with Crippen molar-refractivity contribution in [3.05, 3.63) is 47.1 Å². The van der Waals surface area contributed by atoms with E-state index in [0.717, 1.165) is 42.4 Å². The van der Waals surface area contributed by atoms with Crippen LogP contribution in [0.25, 0.3) is 0 Å². The molecule has 132 valence electrons. The summed E-state index contributed by atoms with van der Waals surface area (Å²) in [4.78, 5) is 0. The van der Waals surface area contributed by atoms with Gasteiger partial charge < -0.3 is 15.3 Å². The fourth-order valence-corrected chi connectivity index (χ4v) is 3.62. The molecular weight excluding hydrogens is 300 g/mol. The molecule has 3 heteroatoms. The molecule has 0 spiro atoms. The molecule has 0 saturated heterocycles. The van der Waals surface area contributed by atoms with Gasteiger partial charge in [0.1, 0.15) is 11.5 Å². The van der Waals surface area contributed by atoms with Gasteiger partial charge in [-0.25, -0.2) is 0 Å². The van der Waals surface area contributed by atoms with E-state index in [2.05, 4.69) is 13.5 Å². The zero-order valence-electron chi connectivity index (χ0n) is 15.0. The summed E-state index contributed by atoms with van der Waals surface area (Å²) in [6.07, 6.45) is 6.24. The second-order valence-corrected chi connectivity index (χ2v) is 7.15. The first-order valence-corrected chi connectivity index (χ1v) is 8.91. The molecule has 0 amide bonds. The quantitative estimate of drug-likeness (QED) is 0.518. The van der Waals surface area contributed by atoms with E-state index >= 15 is 0 Å². The Balaban J connectivity index is 2.37. The molecule has 1 aromatic rings. The Labute approximate surface area is 145 Å². The molecule has 3 atom stereocenters. The number of phenolic OH excluding ortho intramolecular Hbond substituents is 2. The SMILES string of the molecule is C=C(C)[C@H]1C[C@H](O)C(C)=C[C@H]1c1c(O)cc(CCCCC)cc1O. The highest BCUT2D eigenvalue weighted by molar-refractivity contribution is 5.52. The monoisotopic (exact) mass is 330 g/mol. The predicted octanol–water partition coefficient (Wildman–Crippen LogP) is 4.82. The summed E-state index contributed by atoms with van der Waals surface area (Å²) in [7, 11) is 0. The van der Waals surface area contributed by atoms with Gasteiger partial charge in [0.15, 0.2) is 0 Å². The first-order valence-electron chi connectivity index (χ1n) is 8.91. The van der Waals surface area contributed by atoms with Gasteiger partial charge in [0, 0.05) is 11.5 Å². The van der Waals surface area contributed by atoms with E-state index in [4.69, 9.17) is 0 Å². The lowest BCUT2D eigenvalue weighted by Gasteiger charge is -2.34. The van der Waals surface area contributed by atoms with Crippen LogP contribution >= 0.6 is 0 Å². The van der Waals surface area contributed by atoms with Crippen LogP contribution in [0.5, 0.6) is 11.5 Å². The summed E-state index contributed by atoms with van der Waals surface area (Å²) in [5.41, 5.74) is 3.34. The molecule has 0 aromatic heterocycles. The molecule has 0 unspecified atom stereocenters. The lowest BCUT2D eigenvalue weighted by atomic mass is 9.72. The van der Waals surface area contributed by atoms with Crippen molar-refractivity contribution in [3.8, 4) is 11.5 Å². The third-order valence-corrected chi connectivity index (χ3v) is 5.11. The molecule has 0 saturated carbocycles. The van der Waals surface area contributed by atoms with Crippen LogP contribution in [0.15, 0.2) is 35.9 Å². The smallest absolute Gasteiger partial charge is 0.123 e. The maximum Gasteiger partial charge on any atom is 0.123 e. The lowest BCUT2D eigenvalue weighted by molar-refractivity contribution is 0.168. The van der Waals surface area contributed by atoms with Gasteiger partial charge in [-0.1, -0.05) is 38.0 Å². The number of aromatic hydroxyl groups is 2.